The second-order valence-corrected chi connectivity index (χ2v) is 7.02. The molecule has 15 heteroatoms. The van der Waals surface area contributed by atoms with Crippen molar-refractivity contribution < 1.29 is 35.5 Å². The molecule has 0 bridgehead atoms. The van der Waals surface area contributed by atoms with E-state index in [9.17, 15) is 35.5 Å². The summed E-state index contributed by atoms with van der Waals surface area (Å²) in [5.74, 6) is -2.29. The fourth-order valence-corrected chi connectivity index (χ4v) is 3.21. The summed E-state index contributed by atoms with van der Waals surface area (Å²) in [6.07, 6.45) is -7.11. The fourth-order valence-electron chi connectivity index (χ4n) is 3.21. The molecule has 3 aromatic rings. The highest BCUT2D eigenvalue weighted by Gasteiger charge is 2.35. The Bertz CT molecular complexity index is 1210. The number of hydrogen-bond acceptors (Lipinski definition) is 6. The topological polar surface area (TPSA) is 98.5 Å². The molecule has 0 aromatic carbocycles. The first-order valence-electron chi connectivity index (χ1n) is 9.31. The van der Waals surface area contributed by atoms with E-state index in [2.05, 4.69) is 30.4 Å². The van der Waals surface area contributed by atoms with Gasteiger partial charge in [0, 0.05) is 6.54 Å². The van der Waals surface area contributed by atoms with Gasteiger partial charge in [0.1, 0.15) is 17.2 Å². The Balaban J connectivity index is 1.62. The van der Waals surface area contributed by atoms with Gasteiger partial charge in [-0.15, -0.1) is 0 Å². The number of aryl methyl sites for hydroxylation is 1. The molecule has 4 rings (SSSR count). The molecule has 33 heavy (non-hydrogen) atoms. The highest BCUT2D eigenvalue weighted by Crippen LogP contribution is 2.32. The van der Waals surface area contributed by atoms with E-state index < -0.39 is 52.8 Å². The van der Waals surface area contributed by atoms with Gasteiger partial charge in [0.25, 0.3) is 5.91 Å². The lowest BCUT2D eigenvalue weighted by Gasteiger charge is -2.22. The molecule has 8 nitrogen and oxygen atoms in total. The molecule has 1 atom stereocenters. The van der Waals surface area contributed by atoms with Crippen LogP contribution in [0.1, 0.15) is 46.6 Å². The summed E-state index contributed by atoms with van der Waals surface area (Å²) in [4.78, 5) is 26.2. The number of halogens is 7. The van der Waals surface area contributed by atoms with E-state index in [1.54, 1.807) is 0 Å². The van der Waals surface area contributed by atoms with Gasteiger partial charge < -0.3 is 5.32 Å². The SMILES string of the molecule is O=C(NC1CCCn2nc(-c3cc(C(F)(F)F)ncc3F)nc21)c1cncc(C(F)(F)F)n1. The zero-order chi connectivity index (χ0) is 24.0. The number of rotatable bonds is 3. The van der Waals surface area contributed by atoms with Crippen LogP contribution in [0.4, 0.5) is 30.7 Å². The van der Waals surface area contributed by atoms with Crippen LogP contribution < -0.4 is 5.32 Å². The van der Waals surface area contributed by atoms with Crippen molar-refractivity contribution in [2.45, 2.75) is 37.8 Å². The van der Waals surface area contributed by atoms with Crippen LogP contribution >= 0.6 is 0 Å². The number of carbonyl (C=O) groups is 1. The number of hydrogen-bond donors (Lipinski definition) is 1. The van der Waals surface area contributed by atoms with Crippen molar-refractivity contribution in [1.29, 1.82) is 0 Å². The molecule has 0 fully saturated rings. The van der Waals surface area contributed by atoms with E-state index in [0.29, 0.717) is 31.3 Å². The second kappa shape index (κ2) is 8.04. The van der Waals surface area contributed by atoms with Gasteiger partial charge in [-0.2, -0.15) is 31.4 Å². The first kappa shape index (κ1) is 22.5. The maximum absolute atomic E-state index is 14.2. The van der Waals surface area contributed by atoms with E-state index in [1.807, 2.05) is 0 Å². The van der Waals surface area contributed by atoms with Gasteiger partial charge in [-0.25, -0.2) is 24.0 Å². The summed E-state index contributed by atoms with van der Waals surface area (Å²) in [5.41, 5.74) is -3.80. The Morgan fingerprint density at radius 2 is 1.76 bits per heavy atom. The molecule has 0 saturated heterocycles. The van der Waals surface area contributed by atoms with E-state index >= 15 is 0 Å². The van der Waals surface area contributed by atoms with Crippen LogP contribution in [0.3, 0.4) is 0 Å². The predicted octanol–water partition coefficient (Wildman–Crippen LogP) is 3.57. The van der Waals surface area contributed by atoms with Crippen LogP contribution in [0.2, 0.25) is 0 Å². The summed E-state index contributed by atoms with van der Waals surface area (Å²) in [7, 11) is 0. The van der Waals surface area contributed by atoms with Gasteiger partial charge in [0.15, 0.2) is 17.3 Å². The van der Waals surface area contributed by atoms with Crippen molar-refractivity contribution in [3.05, 3.63) is 53.4 Å². The van der Waals surface area contributed by atoms with Gasteiger partial charge in [0.2, 0.25) is 0 Å². The minimum absolute atomic E-state index is 0.106. The average molecular weight is 475 g/mol. The lowest BCUT2D eigenvalue weighted by Crippen LogP contribution is -2.34. The smallest absolute Gasteiger partial charge is 0.341 e. The lowest BCUT2D eigenvalue weighted by atomic mass is 10.1. The Morgan fingerprint density at radius 3 is 2.45 bits per heavy atom. The van der Waals surface area contributed by atoms with Crippen LogP contribution in [0.5, 0.6) is 0 Å². The van der Waals surface area contributed by atoms with Crippen LogP contribution in [0.15, 0.2) is 24.7 Å². The van der Waals surface area contributed by atoms with Crippen LogP contribution in [-0.4, -0.2) is 35.6 Å². The van der Waals surface area contributed by atoms with Crippen LogP contribution in [-0.2, 0) is 18.9 Å². The number of aromatic nitrogens is 6. The minimum atomic E-state index is -4.82. The maximum atomic E-state index is 14.2. The van der Waals surface area contributed by atoms with Gasteiger partial charge in [-0.05, 0) is 18.9 Å². The number of pyridine rings is 1. The van der Waals surface area contributed by atoms with Crippen molar-refractivity contribution in [3.8, 4) is 11.4 Å². The monoisotopic (exact) mass is 475 g/mol. The van der Waals surface area contributed by atoms with Crippen molar-refractivity contribution >= 4 is 5.91 Å². The van der Waals surface area contributed by atoms with Crippen molar-refractivity contribution in [3.63, 3.8) is 0 Å². The van der Waals surface area contributed by atoms with Crippen molar-refractivity contribution in [2.24, 2.45) is 0 Å². The molecule has 4 heterocycles. The molecule has 0 saturated carbocycles. The van der Waals surface area contributed by atoms with Crippen LogP contribution in [0, 0.1) is 5.82 Å². The molecular weight excluding hydrogens is 463 g/mol. The Morgan fingerprint density at radius 1 is 1.03 bits per heavy atom. The van der Waals surface area contributed by atoms with Gasteiger partial charge in [-0.3, -0.25) is 9.78 Å². The van der Waals surface area contributed by atoms with E-state index in [0.717, 1.165) is 6.20 Å². The number of nitrogens with one attached hydrogen (secondary N) is 1. The molecule has 3 aromatic heterocycles. The summed E-state index contributed by atoms with van der Waals surface area (Å²) < 4.78 is 92.8. The van der Waals surface area contributed by atoms with E-state index in [-0.39, 0.29) is 18.2 Å². The molecule has 1 unspecified atom stereocenters. The summed E-state index contributed by atoms with van der Waals surface area (Å²) in [5, 5.41) is 6.49. The molecular formula is C18H12F7N7O. The highest BCUT2D eigenvalue weighted by molar-refractivity contribution is 5.92. The Hall–Kier alpha value is -3.65. The summed E-state index contributed by atoms with van der Waals surface area (Å²) in [6.45, 7) is 0.289. The lowest BCUT2D eigenvalue weighted by molar-refractivity contribution is -0.142. The fraction of sp³-hybridized carbons (Fsp3) is 0.333. The normalized spacial score (nSPS) is 16.4. The number of fused-ring (bicyclic) bond motifs is 1. The number of amides is 1. The Labute approximate surface area is 179 Å². The molecule has 1 N–H and O–H groups in total. The second-order valence-electron chi connectivity index (χ2n) is 7.02. The third-order valence-corrected chi connectivity index (χ3v) is 4.72. The summed E-state index contributed by atoms with van der Waals surface area (Å²) >= 11 is 0. The van der Waals surface area contributed by atoms with E-state index in [4.69, 9.17) is 0 Å². The van der Waals surface area contributed by atoms with Gasteiger partial charge in [0.05, 0.1) is 30.2 Å². The van der Waals surface area contributed by atoms with Crippen molar-refractivity contribution in [1.82, 2.24) is 35.0 Å². The predicted molar refractivity (Wildman–Crippen MR) is 94.7 cm³/mol. The molecule has 174 valence electrons. The quantitative estimate of drug-likeness (QED) is 0.582. The molecule has 1 aliphatic heterocycles. The van der Waals surface area contributed by atoms with Gasteiger partial charge in [-0.1, -0.05) is 0 Å². The largest absolute Gasteiger partial charge is 0.434 e. The highest BCUT2D eigenvalue weighted by atomic mass is 19.4. The average Bonchev–Trinajstić information content (AvgIpc) is 3.18. The molecule has 0 aliphatic carbocycles. The standard InChI is InChI=1S/C18H12F7N7O/c19-9-5-27-12(17(20,21)22)4-8(9)14-30-15-10(2-1-3-32(15)31-14)29-16(33)11-6-26-7-13(28-11)18(23,24)25/h4-7,10H,1-3H2,(H,29,33). The molecule has 0 spiro atoms. The van der Waals surface area contributed by atoms with Crippen molar-refractivity contribution in [2.75, 3.05) is 0 Å². The number of alkyl halides is 6. The van der Waals surface area contributed by atoms with Gasteiger partial charge >= 0.3 is 12.4 Å². The third-order valence-electron chi connectivity index (χ3n) is 4.72. The first-order valence-corrected chi connectivity index (χ1v) is 9.31. The van der Waals surface area contributed by atoms with E-state index in [1.165, 1.54) is 4.68 Å². The summed E-state index contributed by atoms with van der Waals surface area (Å²) in [6, 6.07) is -0.376. The number of carbonyl (C=O) groups excluding carboxylic acids is 1. The minimum Gasteiger partial charge on any atom is -0.341 e. The zero-order valence-electron chi connectivity index (χ0n) is 16.2. The maximum Gasteiger partial charge on any atom is 0.434 e. The zero-order valence-corrected chi connectivity index (χ0v) is 16.2. The molecule has 1 aliphatic rings. The third kappa shape index (κ3) is 4.61. The Kier molecular flexibility index (Phi) is 5.49. The van der Waals surface area contributed by atoms with Crippen LogP contribution in [0.25, 0.3) is 11.4 Å². The molecule has 1 amide bonds. The number of nitrogens with zero attached hydrogens (tertiary/aromatic N) is 6. The molecule has 0 radical (unpaired) electrons. The first-order chi connectivity index (χ1) is 15.4.